The van der Waals surface area contributed by atoms with Crippen molar-refractivity contribution in [3.8, 4) is 11.3 Å². The Labute approximate surface area is 243 Å². The van der Waals surface area contributed by atoms with E-state index in [4.69, 9.17) is 0 Å². The average Bonchev–Trinajstić information content (AvgIpc) is 3.39. The minimum absolute atomic E-state index is 0.0187. The second-order valence-electron chi connectivity index (χ2n) is 12.0. The molecule has 6 heteroatoms. The molecule has 0 unspecified atom stereocenters. The van der Waals surface area contributed by atoms with Gasteiger partial charge in [-0.3, -0.25) is 19.3 Å². The van der Waals surface area contributed by atoms with Crippen LogP contribution in [0.15, 0.2) is 73.1 Å². The standard InChI is InChI=1S/C35H40N4O2/c1-23(2)18-31-13-12-29(21-36-31)34(40)20-30-19-28(7-6-24(30)3)35(41)39-17-15-32(25(4)22-39)26-8-10-27(11-9-26)33-14-16-37-38(33)5/h6-14,16,19,21,23,25,32H,15,17-18,20,22H2,1-5H3/t25-,32+/m1/s1. The molecular weight excluding hydrogens is 508 g/mol. The molecule has 4 aromatic rings. The molecule has 41 heavy (non-hydrogen) atoms. The molecule has 0 aliphatic carbocycles. The first kappa shape index (κ1) is 28.5. The molecule has 0 saturated carbocycles. The van der Waals surface area contributed by atoms with Crippen LogP contribution in [0.1, 0.15) is 76.2 Å². The van der Waals surface area contributed by atoms with E-state index in [-0.39, 0.29) is 18.1 Å². The van der Waals surface area contributed by atoms with Crippen LogP contribution in [0.25, 0.3) is 11.3 Å². The van der Waals surface area contributed by atoms with Gasteiger partial charge in [-0.05, 0) is 90.1 Å². The molecule has 2 aromatic heterocycles. The number of nitrogens with zero attached hydrogens (tertiary/aromatic N) is 4. The number of carbonyl (C=O) groups excluding carboxylic acids is 2. The maximum atomic E-state index is 13.6. The molecule has 3 heterocycles. The number of pyridine rings is 1. The number of carbonyl (C=O) groups is 2. The lowest BCUT2D eigenvalue weighted by Gasteiger charge is -2.37. The molecule has 1 aliphatic rings. The van der Waals surface area contributed by atoms with Gasteiger partial charge in [-0.1, -0.05) is 51.1 Å². The summed E-state index contributed by atoms with van der Waals surface area (Å²) in [6, 6.07) is 20.4. The van der Waals surface area contributed by atoms with Crippen LogP contribution in [0, 0.1) is 18.8 Å². The summed E-state index contributed by atoms with van der Waals surface area (Å²) in [5.41, 5.74) is 7.73. The first-order valence-corrected chi connectivity index (χ1v) is 14.6. The fourth-order valence-corrected chi connectivity index (χ4v) is 5.96. The lowest BCUT2D eigenvalue weighted by atomic mass is 9.81. The topological polar surface area (TPSA) is 68.1 Å². The lowest BCUT2D eigenvalue weighted by Crippen LogP contribution is -2.42. The van der Waals surface area contributed by atoms with Gasteiger partial charge in [0, 0.05) is 55.8 Å². The second-order valence-corrected chi connectivity index (χ2v) is 12.0. The largest absolute Gasteiger partial charge is 0.338 e. The van der Waals surface area contributed by atoms with E-state index in [0.29, 0.717) is 42.0 Å². The monoisotopic (exact) mass is 548 g/mol. The number of likely N-dealkylation sites (tertiary alicyclic amines) is 1. The molecule has 2 aromatic carbocycles. The number of ketones is 1. The van der Waals surface area contributed by atoms with Crippen LogP contribution in [0.5, 0.6) is 0 Å². The van der Waals surface area contributed by atoms with Crippen molar-refractivity contribution in [3.63, 3.8) is 0 Å². The molecule has 0 radical (unpaired) electrons. The fraction of sp³-hybridized carbons (Fsp3) is 0.371. The predicted molar refractivity (Wildman–Crippen MR) is 163 cm³/mol. The van der Waals surface area contributed by atoms with Gasteiger partial charge >= 0.3 is 0 Å². The summed E-state index contributed by atoms with van der Waals surface area (Å²) in [5.74, 6) is 1.32. The fourth-order valence-electron chi connectivity index (χ4n) is 5.96. The maximum absolute atomic E-state index is 13.6. The summed E-state index contributed by atoms with van der Waals surface area (Å²) in [7, 11) is 1.96. The van der Waals surface area contributed by atoms with Crippen molar-refractivity contribution in [1.82, 2.24) is 19.7 Å². The minimum Gasteiger partial charge on any atom is -0.338 e. The molecule has 1 saturated heterocycles. The zero-order valence-electron chi connectivity index (χ0n) is 24.8. The Kier molecular flexibility index (Phi) is 8.48. The van der Waals surface area contributed by atoms with Gasteiger partial charge < -0.3 is 4.90 Å². The van der Waals surface area contributed by atoms with Gasteiger partial charge in [-0.2, -0.15) is 5.10 Å². The van der Waals surface area contributed by atoms with Crippen LogP contribution < -0.4 is 0 Å². The Morgan fingerprint density at radius 3 is 2.39 bits per heavy atom. The molecule has 1 aliphatic heterocycles. The Bertz CT molecular complexity index is 1520. The van der Waals surface area contributed by atoms with Crippen LogP contribution in [0.2, 0.25) is 0 Å². The first-order chi connectivity index (χ1) is 19.7. The zero-order chi connectivity index (χ0) is 29.1. The van der Waals surface area contributed by atoms with Crippen molar-refractivity contribution in [2.75, 3.05) is 13.1 Å². The summed E-state index contributed by atoms with van der Waals surface area (Å²) in [6.45, 7) is 9.97. The smallest absolute Gasteiger partial charge is 0.253 e. The normalized spacial score (nSPS) is 17.2. The van der Waals surface area contributed by atoms with E-state index in [1.165, 1.54) is 5.56 Å². The molecule has 212 valence electrons. The van der Waals surface area contributed by atoms with Gasteiger partial charge in [0.25, 0.3) is 5.91 Å². The van der Waals surface area contributed by atoms with E-state index >= 15 is 0 Å². The van der Waals surface area contributed by atoms with Gasteiger partial charge in [-0.25, -0.2) is 0 Å². The molecule has 0 spiro atoms. The number of hydrogen-bond acceptors (Lipinski definition) is 4. The van der Waals surface area contributed by atoms with Gasteiger partial charge in [-0.15, -0.1) is 0 Å². The van der Waals surface area contributed by atoms with Gasteiger partial charge in [0.2, 0.25) is 0 Å². The molecule has 0 N–H and O–H groups in total. The van der Waals surface area contributed by atoms with E-state index < -0.39 is 0 Å². The van der Waals surface area contributed by atoms with Crippen molar-refractivity contribution in [3.05, 3.63) is 107 Å². The van der Waals surface area contributed by atoms with Crippen molar-refractivity contribution < 1.29 is 9.59 Å². The van der Waals surface area contributed by atoms with E-state index in [1.54, 1.807) is 6.20 Å². The van der Waals surface area contributed by atoms with E-state index in [1.807, 2.05) is 66.1 Å². The minimum atomic E-state index is 0.0187. The molecule has 6 nitrogen and oxygen atoms in total. The number of rotatable bonds is 8. The number of amides is 1. The summed E-state index contributed by atoms with van der Waals surface area (Å²) in [5, 5.41) is 4.28. The van der Waals surface area contributed by atoms with E-state index in [2.05, 4.69) is 55.1 Å². The number of aromatic nitrogens is 3. The number of hydrogen-bond donors (Lipinski definition) is 0. The molecule has 5 rings (SSSR count). The third-order valence-corrected chi connectivity index (χ3v) is 8.36. The molecule has 1 fully saturated rings. The molecular formula is C35H40N4O2. The van der Waals surface area contributed by atoms with E-state index in [9.17, 15) is 9.59 Å². The Balaban J connectivity index is 1.23. The SMILES string of the molecule is Cc1ccc(C(=O)N2CC[C@H](c3ccc(-c4ccnn4C)cc3)[C@H](C)C2)cc1CC(=O)c1ccc(CC(C)C)nc1. The van der Waals surface area contributed by atoms with Crippen LogP contribution in [-0.4, -0.2) is 44.4 Å². The molecule has 2 atom stereocenters. The first-order valence-electron chi connectivity index (χ1n) is 14.6. The Morgan fingerprint density at radius 2 is 1.76 bits per heavy atom. The van der Waals surface area contributed by atoms with Crippen molar-refractivity contribution in [2.24, 2.45) is 18.9 Å². The maximum Gasteiger partial charge on any atom is 0.253 e. The average molecular weight is 549 g/mol. The number of aryl methyl sites for hydroxylation is 2. The predicted octanol–water partition coefficient (Wildman–Crippen LogP) is 6.68. The van der Waals surface area contributed by atoms with Crippen molar-refractivity contribution in [2.45, 2.75) is 52.9 Å². The quantitative estimate of drug-likeness (QED) is 0.230. The highest BCUT2D eigenvalue weighted by Crippen LogP contribution is 2.34. The second kappa shape index (κ2) is 12.2. The number of Topliss-reactive ketones (excluding diaryl/α,β-unsaturated/α-hetero) is 1. The van der Waals surface area contributed by atoms with Gasteiger partial charge in [0.15, 0.2) is 5.78 Å². The van der Waals surface area contributed by atoms with Crippen LogP contribution >= 0.6 is 0 Å². The molecule has 1 amide bonds. The summed E-state index contributed by atoms with van der Waals surface area (Å²) in [4.78, 5) is 33.1. The lowest BCUT2D eigenvalue weighted by molar-refractivity contribution is 0.0660. The van der Waals surface area contributed by atoms with Crippen molar-refractivity contribution >= 4 is 11.7 Å². The van der Waals surface area contributed by atoms with Crippen molar-refractivity contribution in [1.29, 1.82) is 0 Å². The number of benzene rings is 2. The van der Waals surface area contributed by atoms with Gasteiger partial charge in [0.05, 0.1) is 5.69 Å². The van der Waals surface area contributed by atoms with Gasteiger partial charge in [0.1, 0.15) is 0 Å². The van der Waals surface area contributed by atoms with Crippen LogP contribution in [0.4, 0.5) is 0 Å². The highest BCUT2D eigenvalue weighted by molar-refractivity contribution is 5.98. The van der Waals surface area contributed by atoms with E-state index in [0.717, 1.165) is 40.9 Å². The summed E-state index contributed by atoms with van der Waals surface area (Å²) in [6.07, 6.45) is 5.57. The highest BCUT2D eigenvalue weighted by Gasteiger charge is 2.30. The molecule has 0 bridgehead atoms. The third-order valence-electron chi connectivity index (χ3n) is 8.36. The Hall–Kier alpha value is -4.06. The van der Waals surface area contributed by atoms with Crippen LogP contribution in [-0.2, 0) is 19.9 Å². The van der Waals surface area contributed by atoms with Crippen LogP contribution in [0.3, 0.4) is 0 Å². The Morgan fingerprint density at radius 1 is 1.00 bits per heavy atom. The highest BCUT2D eigenvalue weighted by atomic mass is 16.2. The number of piperidine rings is 1. The summed E-state index contributed by atoms with van der Waals surface area (Å²) < 4.78 is 1.89. The third kappa shape index (κ3) is 6.48. The zero-order valence-corrected chi connectivity index (χ0v) is 24.8. The summed E-state index contributed by atoms with van der Waals surface area (Å²) >= 11 is 0.